The molecule has 0 spiro atoms. The van der Waals surface area contributed by atoms with Crippen molar-refractivity contribution in [2.45, 2.75) is 72.1 Å². The van der Waals surface area contributed by atoms with Crippen LogP contribution >= 0.6 is 0 Å². The second-order valence-electron chi connectivity index (χ2n) is 7.72. The number of amides is 1. The van der Waals surface area contributed by atoms with Crippen LogP contribution in [0.1, 0.15) is 58.1 Å². The maximum absolute atomic E-state index is 12.2. The highest BCUT2D eigenvalue weighted by atomic mass is 16.6. The topological polar surface area (TPSA) is 87.3 Å². The van der Waals surface area contributed by atoms with Crippen molar-refractivity contribution < 1.29 is 9.53 Å². The van der Waals surface area contributed by atoms with E-state index in [1.807, 2.05) is 27.7 Å². The number of alkyl carbamates (subject to hydrolysis) is 1. The van der Waals surface area contributed by atoms with Gasteiger partial charge < -0.3 is 15.0 Å². The number of hydrogen-bond donors (Lipinski definition) is 2. The van der Waals surface area contributed by atoms with Crippen LogP contribution in [-0.4, -0.2) is 45.7 Å². The first-order chi connectivity index (χ1) is 11.7. The van der Waals surface area contributed by atoms with E-state index in [9.17, 15) is 9.59 Å². The summed E-state index contributed by atoms with van der Waals surface area (Å²) in [5.74, 6) is 0.757. The van der Waals surface area contributed by atoms with Crippen molar-refractivity contribution >= 4 is 6.09 Å². The van der Waals surface area contributed by atoms with Gasteiger partial charge in [0.15, 0.2) is 0 Å². The molecule has 0 radical (unpaired) electrons. The number of carbonyl (C=O) groups excluding carboxylic acids is 1. The summed E-state index contributed by atoms with van der Waals surface area (Å²) in [6, 6.07) is -0.0477. The lowest BCUT2D eigenvalue weighted by Crippen LogP contribution is -2.46. The highest BCUT2D eigenvalue weighted by molar-refractivity contribution is 5.68. The Morgan fingerprint density at radius 2 is 2.16 bits per heavy atom. The molecule has 0 saturated heterocycles. The van der Waals surface area contributed by atoms with Crippen LogP contribution < -0.4 is 10.9 Å². The molecular weight excluding hydrogens is 320 g/mol. The minimum absolute atomic E-state index is 0.00646. The molecule has 1 aliphatic rings. The quantitative estimate of drug-likeness (QED) is 0.848. The molecule has 0 aromatic carbocycles. The van der Waals surface area contributed by atoms with Gasteiger partial charge in [-0.15, -0.1) is 0 Å². The van der Waals surface area contributed by atoms with Crippen LogP contribution in [0.3, 0.4) is 0 Å². The summed E-state index contributed by atoms with van der Waals surface area (Å²) in [4.78, 5) is 33.8. The van der Waals surface area contributed by atoms with Crippen molar-refractivity contribution in [2.24, 2.45) is 0 Å². The maximum atomic E-state index is 12.2. The van der Waals surface area contributed by atoms with E-state index in [1.54, 1.807) is 0 Å². The summed E-state index contributed by atoms with van der Waals surface area (Å²) in [6.45, 7) is 11.7. The number of carbonyl (C=O) groups is 1. The summed E-state index contributed by atoms with van der Waals surface area (Å²) >= 11 is 0. The molecule has 1 aliphatic heterocycles. The molecule has 1 unspecified atom stereocenters. The third-order valence-corrected chi connectivity index (χ3v) is 3.98. The Morgan fingerprint density at radius 1 is 1.44 bits per heavy atom. The molecule has 2 N–H and O–H groups in total. The Kier molecular flexibility index (Phi) is 6.21. The largest absolute Gasteiger partial charge is 0.444 e. The molecule has 2 heterocycles. The molecule has 0 fully saturated rings. The van der Waals surface area contributed by atoms with E-state index in [1.165, 1.54) is 0 Å². The van der Waals surface area contributed by atoms with E-state index in [2.05, 4.69) is 27.1 Å². The third kappa shape index (κ3) is 5.85. The first-order valence-corrected chi connectivity index (χ1v) is 9.00. The predicted octanol–water partition coefficient (Wildman–Crippen LogP) is 1.99. The van der Waals surface area contributed by atoms with Gasteiger partial charge in [0.25, 0.3) is 5.56 Å². The lowest BCUT2D eigenvalue weighted by atomic mass is 10.1. The molecule has 7 heteroatoms. The van der Waals surface area contributed by atoms with Gasteiger partial charge in [-0.3, -0.25) is 9.69 Å². The van der Waals surface area contributed by atoms with Gasteiger partial charge in [-0.25, -0.2) is 9.78 Å². The summed E-state index contributed by atoms with van der Waals surface area (Å²) in [5.41, 5.74) is 1.15. The van der Waals surface area contributed by atoms with Gasteiger partial charge >= 0.3 is 6.09 Å². The number of nitrogens with zero attached hydrogens (tertiary/aromatic N) is 2. The summed E-state index contributed by atoms with van der Waals surface area (Å²) < 4.78 is 5.29. The zero-order chi connectivity index (χ0) is 18.6. The second-order valence-corrected chi connectivity index (χ2v) is 7.72. The molecule has 0 bridgehead atoms. The Labute approximate surface area is 149 Å². The lowest BCUT2D eigenvalue weighted by Gasteiger charge is -2.30. The summed E-state index contributed by atoms with van der Waals surface area (Å²) in [7, 11) is 0. The van der Waals surface area contributed by atoms with Gasteiger partial charge in [0.05, 0.1) is 5.69 Å². The van der Waals surface area contributed by atoms with Crippen LogP contribution in [0.25, 0.3) is 0 Å². The maximum Gasteiger partial charge on any atom is 0.407 e. The van der Waals surface area contributed by atoms with Gasteiger partial charge in [-0.2, -0.15) is 0 Å². The highest BCUT2D eigenvalue weighted by Crippen LogP contribution is 2.14. The molecule has 140 valence electrons. The number of aromatic nitrogens is 2. The Balaban J connectivity index is 1.96. The van der Waals surface area contributed by atoms with Crippen LogP contribution in [0.4, 0.5) is 4.79 Å². The molecule has 1 atom stereocenters. The number of H-pyrrole nitrogens is 1. The van der Waals surface area contributed by atoms with Crippen molar-refractivity contribution in [2.75, 3.05) is 13.1 Å². The number of aryl methyl sites for hydroxylation is 1. The van der Waals surface area contributed by atoms with Crippen LogP contribution in [0.5, 0.6) is 0 Å². The van der Waals surface area contributed by atoms with E-state index in [0.29, 0.717) is 19.5 Å². The number of ether oxygens (including phenoxy) is 1. The fourth-order valence-corrected chi connectivity index (χ4v) is 3.00. The summed E-state index contributed by atoms with van der Waals surface area (Å²) in [5, 5.41) is 2.86. The SMILES string of the molecule is CCCc1nc2c(c(=O)[nH]1)CCN(CC(C)NC(=O)OC(C)(C)C)C2. The van der Waals surface area contributed by atoms with Crippen LogP contribution in [0.2, 0.25) is 0 Å². The Bertz CT molecular complexity index is 663. The number of aromatic amines is 1. The zero-order valence-corrected chi connectivity index (χ0v) is 15.9. The normalized spacial score (nSPS) is 16.2. The van der Waals surface area contributed by atoms with E-state index >= 15 is 0 Å². The van der Waals surface area contributed by atoms with Gasteiger partial charge in [0, 0.05) is 37.7 Å². The lowest BCUT2D eigenvalue weighted by molar-refractivity contribution is 0.0495. The molecule has 7 nitrogen and oxygen atoms in total. The van der Waals surface area contributed by atoms with Gasteiger partial charge in [0.2, 0.25) is 0 Å². The average Bonchev–Trinajstić information content (AvgIpc) is 2.44. The second kappa shape index (κ2) is 7.99. The molecule has 1 amide bonds. The number of fused-ring (bicyclic) bond motifs is 1. The summed E-state index contributed by atoms with van der Waals surface area (Å²) in [6.07, 6.45) is 2.00. The smallest absolute Gasteiger partial charge is 0.407 e. The van der Waals surface area contributed by atoms with Gasteiger partial charge in [-0.05, 0) is 40.5 Å². The van der Waals surface area contributed by atoms with Gasteiger partial charge in [0.1, 0.15) is 11.4 Å². The molecule has 25 heavy (non-hydrogen) atoms. The van der Waals surface area contributed by atoms with E-state index in [0.717, 1.165) is 36.5 Å². The van der Waals surface area contributed by atoms with Crippen LogP contribution in [0, 0.1) is 0 Å². The molecule has 0 saturated carbocycles. The Hall–Kier alpha value is -1.89. The molecule has 2 rings (SSSR count). The zero-order valence-electron chi connectivity index (χ0n) is 15.9. The van der Waals surface area contributed by atoms with E-state index < -0.39 is 11.7 Å². The molecule has 0 aliphatic carbocycles. The standard InChI is InChI=1S/C18H30N4O3/c1-6-7-15-20-14-11-22(9-8-13(14)16(23)21-15)10-12(2)19-17(24)25-18(3,4)5/h12H,6-11H2,1-5H3,(H,19,24)(H,20,21,23). The van der Waals surface area contributed by atoms with Crippen molar-refractivity contribution in [1.82, 2.24) is 20.2 Å². The first-order valence-electron chi connectivity index (χ1n) is 9.00. The third-order valence-electron chi connectivity index (χ3n) is 3.98. The highest BCUT2D eigenvalue weighted by Gasteiger charge is 2.23. The van der Waals surface area contributed by atoms with Crippen LogP contribution in [-0.2, 0) is 24.1 Å². The van der Waals surface area contributed by atoms with E-state index in [4.69, 9.17) is 4.74 Å². The average molecular weight is 350 g/mol. The molecule has 1 aromatic heterocycles. The molecular formula is C18H30N4O3. The Morgan fingerprint density at radius 3 is 2.80 bits per heavy atom. The number of nitrogens with one attached hydrogen (secondary N) is 2. The fourth-order valence-electron chi connectivity index (χ4n) is 3.00. The fraction of sp³-hybridized carbons (Fsp3) is 0.722. The van der Waals surface area contributed by atoms with Crippen molar-refractivity contribution in [3.05, 3.63) is 27.4 Å². The van der Waals surface area contributed by atoms with Crippen molar-refractivity contribution in [3.8, 4) is 0 Å². The van der Waals surface area contributed by atoms with E-state index in [-0.39, 0.29) is 11.6 Å². The minimum Gasteiger partial charge on any atom is -0.444 e. The minimum atomic E-state index is -0.505. The van der Waals surface area contributed by atoms with Gasteiger partial charge in [-0.1, -0.05) is 6.92 Å². The number of rotatable bonds is 5. The predicted molar refractivity (Wildman–Crippen MR) is 96.7 cm³/mol. The monoisotopic (exact) mass is 350 g/mol. The van der Waals surface area contributed by atoms with Crippen molar-refractivity contribution in [3.63, 3.8) is 0 Å². The van der Waals surface area contributed by atoms with Crippen molar-refractivity contribution in [1.29, 1.82) is 0 Å². The number of hydrogen-bond acceptors (Lipinski definition) is 5. The first kappa shape index (κ1) is 19.4. The van der Waals surface area contributed by atoms with Crippen LogP contribution in [0.15, 0.2) is 4.79 Å². The molecule has 1 aromatic rings.